The van der Waals surface area contributed by atoms with E-state index in [0.29, 0.717) is 29.3 Å². The van der Waals surface area contributed by atoms with Gasteiger partial charge in [-0.1, -0.05) is 6.07 Å². The van der Waals surface area contributed by atoms with E-state index in [2.05, 4.69) is 5.32 Å². The number of nitrogens with zero attached hydrogens (tertiary/aromatic N) is 1. The molecule has 94 valence electrons. The number of nitrogens with one attached hydrogen (secondary N) is 1. The summed E-state index contributed by atoms with van der Waals surface area (Å²) in [5, 5.41) is 22.7. The largest absolute Gasteiger partial charge is 0.396 e. The summed E-state index contributed by atoms with van der Waals surface area (Å²) in [6.45, 7) is 2.65. The zero-order chi connectivity index (χ0) is 12.7. The minimum absolute atomic E-state index is 0.105. The summed E-state index contributed by atoms with van der Waals surface area (Å²) >= 11 is 1.40. The molecule has 17 heavy (non-hydrogen) atoms. The van der Waals surface area contributed by atoms with Crippen LogP contribution in [-0.4, -0.2) is 28.9 Å². The van der Waals surface area contributed by atoms with Gasteiger partial charge in [0.1, 0.15) is 5.69 Å². The molecule has 0 fully saturated rings. The molecule has 0 heterocycles. The van der Waals surface area contributed by atoms with Gasteiger partial charge in [-0.2, -0.15) is 0 Å². The molecular formula is C11H16N2O3S. The maximum absolute atomic E-state index is 11.1. The van der Waals surface area contributed by atoms with Crippen LogP contribution in [0.15, 0.2) is 23.1 Å². The minimum atomic E-state index is -0.362. The van der Waals surface area contributed by atoms with Gasteiger partial charge in [0.25, 0.3) is 0 Å². The number of aliphatic hydroxyl groups is 1. The molecular weight excluding hydrogens is 240 g/mol. The molecule has 1 aromatic carbocycles. The molecule has 0 aliphatic carbocycles. The Balaban J connectivity index is 2.94. The molecule has 0 atom stereocenters. The summed E-state index contributed by atoms with van der Waals surface area (Å²) in [4.78, 5) is 11.3. The lowest BCUT2D eigenvalue weighted by atomic mass is 10.2. The molecule has 0 aliphatic heterocycles. The lowest BCUT2D eigenvalue weighted by Gasteiger charge is -2.08. The van der Waals surface area contributed by atoms with Gasteiger partial charge < -0.3 is 10.4 Å². The second-order valence-corrected chi connectivity index (χ2v) is 4.50. The van der Waals surface area contributed by atoms with E-state index in [1.54, 1.807) is 18.2 Å². The number of nitro benzene ring substituents is 1. The molecule has 0 spiro atoms. The summed E-state index contributed by atoms with van der Waals surface area (Å²) in [7, 11) is 0. The Morgan fingerprint density at radius 1 is 1.53 bits per heavy atom. The van der Waals surface area contributed by atoms with Crippen LogP contribution < -0.4 is 5.32 Å². The Kier molecular flexibility index (Phi) is 5.79. The lowest BCUT2D eigenvalue weighted by Crippen LogP contribution is -2.02. The lowest BCUT2D eigenvalue weighted by molar-refractivity contribution is -0.386. The Morgan fingerprint density at radius 2 is 2.29 bits per heavy atom. The first-order chi connectivity index (χ1) is 8.20. The van der Waals surface area contributed by atoms with Gasteiger partial charge in [0.2, 0.25) is 0 Å². The van der Waals surface area contributed by atoms with E-state index in [0.717, 1.165) is 0 Å². The van der Waals surface area contributed by atoms with Crippen molar-refractivity contribution in [3.05, 3.63) is 28.3 Å². The van der Waals surface area contributed by atoms with Crippen molar-refractivity contribution in [3.8, 4) is 0 Å². The first-order valence-electron chi connectivity index (χ1n) is 5.45. The summed E-state index contributed by atoms with van der Waals surface area (Å²) in [6, 6.07) is 5.24. The van der Waals surface area contributed by atoms with E-state index < -0.39 is 0 Å². The number of hydrogen-bond acceptors (Lipinski definition) is 5. The van der Waals surface area contributed by atoms with Crippen molar-refractivity contribution in [2.75, 3.05) is 24.2 Å². The van der Waals surface area contributed by atoms with Gasteiger partial charge in [0.15, 0.2) is 0 Å². The Bertz CT molecular complexity index is 385. The minimum Gasteiger partial charge on any atom is -0.396 e. The molecule has 0 amide bonds. The molecule has 0 saturated heterocycles. The van der Waals surface area contributed by atoms with Crippen LogP contribution in [0.3, 0.4) is 0 Å². The predicted octanol–water partition coefficient (Wildman–Crippen LogP) is 2.50. The molecule has 5 nitrogen and oxygen atoms in total. The molecule has 6 heteroatoms. The highest BCUT2D eigenvalue weighted by Crippen LogP contribution is 2.35. The van der Waals surface area contributed by atoms with Crippen molar-refractivity contribution < 1.29 is 10.0 Å². The first-order valence-corrected chi connectivity index (χ1v) is 6.44. The fraction of sp³-hybridized carbons (Fsp3) is 0.455. The zero-order valence-corrected chi connectivity index (χ0v) is 10.5. The van der Waals surface area contributed by atoms with Crippen molar-refractivity contribution >= 4 is 23.1 Å². The highest BCUT2D eigenvalue weighted by molar-refractivity contribution is 7.99. The second-order valence-electron chi connectivity index (χ2n) is 3.37. The number of benzene rings is 1. The van der Waals surface area contributed by atoms with Gasteiger partial charge in [-0.25, -0.2) is 0 Å². The number of aliphatic hydroxyl groups excluding tert-OH is 1. The molecule has 2 N–H and O–H groups in total. The number of anilines is 1. The predicted molar refractivity (Wildman–Crippen MR) is 69.7 cm³/mol. The maximum Gasteiger partial charge on any atom is 0.305 e. The van der Waals surface area contributed by atoms with Crippen LogP contribution in [0, 0.1) is 10.1 Å². The number of thioether (sulfide) groups is 1. The topological polar surface area (TPSA) is 75.4 Å². The van der Waals surface area contributed by atoms with E-state index >= 15 is 0 Å². The van der Waals surface area contributed by atoms with Crippen molar-refractivity contribution in [2.45, 2.75) is 18.2 Å². The standard InChI is InChI=1S/C11H16N2O3S/c1-2-12-9-5-3-6-10(11(9)13(15)16)17-8-4-7-14/h3,5-6,12,14H,2,4,7-8H2,1H3. The van der Waals surface area contributed by atoms with Gasteiger partial charge >= 0.3 is 5.69 Å². The molecule has 1 rings (SSSR count). The van der Waals surface area contributed by atoms with E-state index in [4.69, 9.17) is 5.11 Å². The van der Waals surface area contributed by atoms with Gasteiger partial charge in [0, 0.05) is 18.9 Å². The maximum atomic E-state index is 11.1. The first kappa shape index (κ1) is 13.8. The summed E-state index contributed by atoms with van der Waals surface area (Å²) < 4.78 is 0. The molecule has 0 unspecified atom stereocenters. The summed E-state index contributed by atoms with van der Waals surface area (Å²) in [6.07, 6.45) is 0.632. The van der Waals surface area contributed by atoms with Crippen LogP contribution in [-0.2, 0) is 0 Å². The van der Waals surface area contributed by atoms with Crippen LogP contribution in [0.2, 0.25) is 0 Å². The number of para-hydroxylation sites is 1. The van der Waals surface area contributed by atoms with Crippen molar-refractivity contribution in [1.82, 2.24) is 0 Å². The second kappa shape index (κ2) is 7.13. The monoisotopic (exact) mass is 256 g/mol. The normalized spacial score (nSPS) is 10.2. The number of nitro groups is 1. The highest BCUT2D eigenvalue weighted by Gasteiger charge is 2.19. The zero-order valence-electron chi connectivity index (χ0n) is 9.68. The third-order valence-corrected chi connectivity index (χ3v) is 3.24. The van der Waals surface area contributed by atoms with Crippen LogP contribution in [0.1, 0.15) is 13.3 Å². The SMILES string of the molecule is CCNc1cccc(SCCCO)c1[N+](=O)[O-]. The van der Waals surface area contributed by atoms with Crippen molar-refractivity contribution in [3.63, 3.8) is 0 Å². The van der Waals surface area contributed by atoms with E-state index in [1.165, 1.54) is 11.8 Å². The van der Waals surface area contributed by atoms with Crippen molar-refractivity contribution in [2.24, 2.45) is 0 Å². The van der Waals surface area contributed by atoms with Gasteiger partial charge in [-0.05, 0) is 25.5 Å². The van der Waals surface area contributed by atoms with Gasteiger partial charge in [-0.3, -0.25) is 10.1 Å². The fourth-order valence-corrected chi connectivity index (χ4v) is 2.40. The van der Waals surface area contributed by atoms with Crippen LogP contribution in [0.25, 0.3) is 0 Å². The van der Waals surface area contributed by atoms with Crippen LogP contribution in [0.5, 0.6) is 0 Å². The van der Waals surface area contributed by atoms with Crippen LogP contribution >= 0.6 is 11.8 Å². The van der Waals surface area contributed by atoms with Gasteiger partial charge in [-0.15, -0.1) is 11.8 Å². The van der Waals surface area contributed by atoms with Crippen molar-refractivity contribution in [1.29, 1.82) is 0 Å². The average Bonchev–Trinajstić information content (AvgIpc) is 2.29. The Morgan fingerprint density at radius 3 is 2.88 bits per heavy atom. The quantitative estimate of drug-likeness (QED) is 0.339. The van der Waals surface area contributed by atoms with E-state index in [9.17, 15) is 10.1 Å². The molecule has 0 saturated carbocycles. The number of rotatable bonds is 7. The molecule has 1 aromatic rings. The fourth-order valence-electron chi connectivity index (χ4n) is 1.41. The molecule has 0 aliphatic rings. The third-order valence-electron chi connectivity index (χ3n) is 2.11. The Hall–Kier alpha value is -1.27. The van der Waals surface area contributed by atoms with E-state index in [-0.39, 0.29) is 17.2 Å². The summed E-state index contributed by atoms with van der Waals surface area (Å²) in [5.41, 5.74) is 0.670. The van der Waals surface area contributed by atoms with E-state index in [1.807, 2.05) is 6.92 Å². The highest BCUT2D eigenvalue weighted by atomic mass is 32.2. The Labute approximate surface area is 104 Å². The number of hydrogen-bond donors (Lipinski definition) is 2. The van der Waals surface area contributed by atoms with Gasteiger partial charge in [0.05, 0.1) is 9.82 Å². The summed E-state index contributed by atoms with van der Waals surface area (Å²) in [5.74, 6) is 0.674. The average molecular weight is 256 g/mol. The molecule has 0 bridgehead atoms. The molecule has 0 radical (unpaired) electrons. The smallest absolute Gasteiger partial charge is 0.305 e. The molecule has 0 aromatic heterocycles. The van der Waals surface area contributed by atoms with Crippen LogP contribution in [0.4, 0.5) is 11.4 Å². The third kappa shape index (κ3) is 3.90.